The van der Waals surface area contributed by atoms with Crippen molar-refractivity contribution in [3.63, 3.8) is 0 Å². The zero-order valence-electron chi connectivity index (χ0n) is 16.0. The van der Waals surface area contributed by atoms with Crippen molar-refractivity contribution in [1.29, 1.82) is 0 Å². The van der Waals surface area contributed by atoms with E-state index in [0.717, 1.165) is 21.0 Å². The van der Waals surface area contributed by atoms with Gasteiger partial charge in [-0.25, -0.2) is 4.98 Å². The van der Waals surface area contributed by atoms with E-state index in [0.29, 0.717) is 41.4 Å². The molecular formula is C20H18ClN3O4S2. The van der Waals surface area contributed by atoms with Gasteiger partial charge in [0.15, 0.2) is 16.6 Å². The number of thiazole rings is 1. The molecule has 0 spiro atoms. The van der Waals surface area contributed by atoms with Crippen LogP contribution in [0.15, 0.2) is 29.6 Å². The SMILES string of the molecule is CC(=O)NCc1ccc(-c2csc(NC(=O)Cc3cc(Cl)c4c(c3)OCCO4)n2)s1. The Labute approximate surface area is 186 Å². The Morgan fingerprint density at radius 2 is 2.07 bits per heavy atom. The molecule has 0 saturated heterocycles. The summed E-state index contributed by atoms with van der Waals surface area (Å²) < 4.78 is 11.1. The molecule has 3 heterocycles. The molecule has 1 aromatic carbocycles. The van der Waals surface area contributed by atoms with Gasteiger partial charge in [0.05, 0.1) is 28.6 Å². The summed E-state index contributed by atoms with van der Waals surface area (Å²) in [6.45, 7) is 2.89. The second kappa shape index (κ2) is 9.03. The number of benzene rings is 1. The Bertz CT molecular complexity index is 1100. The van der Waals surface area contributed by atoms with Gasteiger partial charge in [-0.15, -0.1) is 22.7 Å². The van der Waals surface area contributed by atoms with Gasteiger partial charge in [-0.05, 0) is 29.8 Å². The molecule has 3 aromatic rings. The highest BCUT2D eigenvalue weighted by atomic mass is 35.5. The third-order valence-corrected chi connectivity index (χ3v) is 6.34. The summed E-state index contributed by atoms with van der Waals surface area (Å²) in [5.41, 5.74) is 1.52. The summed E-state index contributed by atoms with van der Waals surface area (Å²) in [4.78, 5) is 30.0. The first-order chi connectivity index (χ1) is 14.5. The molecule has 7 nitrogen and oxygen atoms in total. The number of nitrogens with zero attached hydrogens (tertiary/aromatic N) is 1. The highest BCUT2D eigenvalue weighted by Gasteiger charge is 2.18. The monoisotopic (exact) mass is 463 g/mol. The Morgan fingerprint density at radius 1 is 1.23 bits per heavy atom. The third-order valence-electron chi connectivity index (χ3n) is 4.20. The predicted molar refractivity (Wildman–Crippen MR) is 118 cm³/mol. The van der Waals surface area contributed by atoms with Gasteiger partial charge in [0, 0.05) is 17.2 Å². The lowest BCUT2D eigenvalue weighted by Gasteiger charge is -2.20. The quantitative estimate of drug-likeness (QED) is 0.574. The van der Waals surface area contributed by atoms with E-state index in [2.05, 4.69) is 15.6 Å². The number of carbonyl (C=O) groups is 2. The van der Waals surface area contributed by atoms with Crippen LogP contribution in [0.4, 0.5) is 5.13 Å². The molecule has 2 N–H and O–H groups in total. The molecule has 0 unspecified atom stereocenters. The average molecular weight is 464 g/mol. The van der Waals surface area contributed by atoms with E-state index >= 15 is 0 Å². The van der Waals surface area contributed by atoms with Crippen LogP contribution >= 0.6 is 34.3 Å². The van der Waals surface area contributed by atoms with Gasteiger partial charge in [-0.3, -0.25) is 9.59 Å². The number of hydrogen-bond acceptors (Lipinski definition) is 7. The second-order valence-corrected chi connectivity index (χ2v) is 8.97. The van der Waals surface area contributed by atoms with Crippen LogP contribution in [0.25, 0.3) is 10.6 Å². The van der Waals surface area contributed by atoms with Crippen LogP contribution < -0.4 is 20.1 Å². The van der Waals surface area contributed by atoms with Crippen molar-refractivity contribution in [2.24, 2.45) is 0 Å². The molecule has 2 amide bonds. The number of rotatable bonds is 6. The third kappa shape index (κ3) is 4.92. The molecule has 0 fully saturated rings. The van der Waals surface area contributed by atoms with E-state index in [-0.39, 0.29) is 18.2 Å². The topological polar surface area (TPSA) is 89.6 Å². The summed E-state index contributed by atoms with van der Waals surface area (Å²) in [6.07, 6.45) is 0.144. The van der Waals surface area contributed by atoms with Crippen molar-refractivity contribution in [2.75, 3.05) is 18.5 Å². The minimum atomic E-state index is -0.193. The zero-order valence-corrected chi connectivity index (χ0v) is 18.4. The lowest BCUT2D eigenvalue weighted by Crippen LogP contribution is -2.17. The number of fused-ring (bicyclic) bond motifs is 1. The number of halogens is 1. The first kappa shape index (κ1) is 20.6. The van der Waals surface area contributed by atoms with Crippen molar-refractivity contribution in [1.82, 2.24) is 10.3 Å². The van der Waals surface area contributed by atoms with Crippen LogP contribution in [0, 0.1) is 0 Å². The number of amides is 2. The van der Waals surface area contributed by atoms with Crippen molar-refractivity contribution in [3.8, 4) is 22.1 Å². The zero-order chi connectivity index (χ0) is 21.1. The lowest BCUT2D eigenvalue weighted by atomic mass is 10.1. The first-order valence-electron chi connectivity index (χ1n) is 9.15. The van der Waals surface area contributed by atoms with Crippen molar-refractivity contribution in [2.45, 2.75) is 19.9 Å². The highest BCUT2D eigenvalue weighted by Crippen LogP contribution is 2.38. The Balaban J connectivity index is 1.39. The molecule has 2 aromatic heterocycles. The van der Waals surface area contributed by atoms with Crippen LogP contribution in [-0.2, 0) is 22.6 Å². The molecular weight excluding hydrogens is 446 g/mol. The van der Waals surface area contributed by atoms with Gasteiger partial charge < -0.3 is 20.1 Å². The number of anilines is 1. The Kier molecular flexibility index (Phi) is 6.21. The lowest BCUT2D eigenvalue weighted by molar-refractivity contribution is -0.119. The van der Waals surface area contributed by atoms with Gasteiger partial charge in [-0.2, -0.15) is 0 Å². The molecule has 0 atom stereocenters. The second-order valence-electron chi connectivity index (χ2n) is 6.54. The maximum Gasteiger partial charge on any atom is 0.230 e. The van der Waals surface area contributed by atoms with Gasteiger partial charge in [0.25, 0.3) is 0 Å². The van der Waals surface area contributed by atoms with Gasteiger partial charge in [0.1, 0.15) is 13.2 Å². The summed E-state index contributed by atoms with van der Waals surface area (Å²) in [6, 6.07) is 7.40. The van der Waals surface area contributed by atoms with Crippen LogP contribution in [0.3, 0.4) is 0 Å². The highest BCUT2D eigenvalue weighted by molar-refractivity contribution is 7.17. The summed E-state index contributed by atoms with van der Waals surface area (Å²) in [5, 5.41) is 8.45. The van der Waals surface area contributed by atoms with Gasteiger partial charge in [0.2, 0.25) is 11.8 Å². The molecule has 1 aliphatic rings. The number of aromatic nitrogens is 1. The molecule has 0 bridgehead atoms. The molecule has 10 heteroatoms. The minimum Gasteiger partial charge on any atom is -0.486 e. The number of carbonyl (C=O) groups excluding carboxylic acids is 2. The average Bonchev–Trinajstić information content (AvgIpc) is 3.35. The number of hydrogen-bond donors (Lipinski definition) is 2. The maximum absolute atomic E-state index is 12.5. The smallest absolute Gasteiger partial charge is 0.230 e. The van der Waals surface area contributed by atoms with Gasteiger partial charge >= 0.3 is 0 Å². The van der Waals surface area contributed by atoms with E-state index in [1.165, 1.54) is 18.3 Å². The molecule has 30 heavy (non-hydrogen) atoms. The molecule has 1 aliphatic heterocycles. The Hall–Kier alpha value is -2.62. The molecule has 156 valence electrons. The van der Waals surface area contributed by atoms with E-state index in [1.54, 1.807) is 23.5 Å². The van der Waals surface area contributed by atoms with E-state index in [9.17, 15) is 9.59 Å². The molecule has 0 radical (unpaired) electrons. The fourth-order valence-corrected chi connectivity index (χ4v) is 4.88. The molecule has 0 saturated carbocycles. The van der Waals surface area contributed by atoms with Crippen LogP contribution in [0.2, 0.25) is 5.02 Å². The molecule has 0 aliphatic carbocycles. The predicted octanol–water partition coefficient (Wildman–Crippen LogP) is 4.11. The van der Waals surface area contributed by atoms with Crippen LogP contribution in [-0.4, -0.2) is 30.0 Å². The van der Waals surface area contributed by atoms with E-state index < -0.39 is 0 Å². The number of ether oxygens (including phenoxy) is 2. The minimum absolute atomic E-state index is 0.0668. The summed E-state index contributed by atoms with van der Waals surface area (Å²) >= 11 is 9.15. The maximum atomic E-state index is 12.5. The first-order valence-corrected chi connectivity index (χ1v) is 11.2. The Morgan fingerprint density at radius 3 is 2.90 bits per heavy atom. The molecule has 4 rings (SSSR count). The largest absolute Gasteiger partial charge is 0.486 e. The normalized spacial score (nSPS) is 12.5. The number of thiophene rings is 1. The van der Waals surface area contributed by atoms with Gasteiger partial charge in [-0.1, -0.05) is 11.6 Å². The van der Waals surface area contributed by atoms with Crippen molar-refractivity contribution in [3.05, 3.63) is 45.1 Å². The van der Waals surface area contributed by atoms with E-state index in [1.807, 2.05) is 17.5 Å². The number of nitrogens with one attached hydrogen (secondary N) is 2. The van der Waals surface area contributed by atoms with Crippen LogP contribution in [0.5, 0.6) is 11.5 Å². The van der Waals surface area contributed by atoms with Crippen molar-refractivity contribution < 1.29 is 19.1 Å². The standard InChI is InChI=1S/C20H18ClN3O4S2/c1-11(25)22-9-13-2-3-17(30-13)15-10-29-20(23-15)24-18(26)8-12-6-14(21)19-16(7-12)27-4-5-28-19/h2-3,6-7,10H,4-5,8-9H2,1H3,(H,22,25)(H,23,24,26). The fourth-order valence-electron chi connectivity index (χ4n) is 2.88. The fraction of sp³-hybridized carbons (Fsp3) is 0.250. The summed E-state index contributed by atoms with van der Waals surface area (Å²) in [7, 11) is 0. The summed E-state index contributed by atoms with van der Waals surface area (Å²) in [5.74, 6) is 0.815. The van der Waals surface area contributed by atoms with E-state index in [4.69, 9.17) is 21.1 Å². The van der Waals surface area contributed by atoms with Crippen LogP contribution in [0.1, 0.15) is 17.4 Å². The van der Waals surface area contributed by atoms with Crippen molar-refractivity contribution >= 4 is 51.2 Å².